The van der Waals surface area contributed by atoms with Gasteiger partial charge in [0, 0.05) is 17.7 Å². The summed E-state index contributed by atoms with van der Waals surface area (Å²) in [5.41, 5.74) is 3.05. The van der Waals surface area contributed by atoms with Crippen molar-refractivity contribution in [1.29, 1.82) is 0 Å². The van der Waals surface area contributed by atoms with E-state index in [-0.39, 0.29) is 5.91 Å². The largest absolute Gasteiger partial charge is 0.494 e. The molecule has 0 saturated carbocycles. The maximum absolute atomic E-state index is 12.2. The SMILES string of the molecule is CCCCOc1ccc(C(=O)NCc2ccc(C[NH+](C)C)cc2)cc1. The normalized spacial score (nSPS) is 10.7. The van der Waals surface area contributed by atoms with Crippen LogP contribution in [-0.4, -0.2) is 26.6 Å². The van der Waals surface area contributed by atoms with Gasteiger partial charge in [-0.15, -0.1) is 0 Å². The molecule has 4 heteroatoms. The second kappa shape index (κ2) is 9.84. The summed E-state index contributed by atoms with van der Waals surface area (Å²) in [7, 11) is 4.27. The van der Waals surface area contributed by atoms with Crippen LogP contribution in [0.2, 0.25) is 0 Å². The summed E-state index contributed by atoms with van der Waals surface area (Å²) >= 11 is 0. The van der Waals surface area contributed by atoms with Crippen LogP contribution >= 0.6 is 0 Å². The smallest absolute Gasteiger partial charge is 0.251 e. The zero-order valence-corrected chi connectivity index (χ0v) is 15.5. The Kier molecular flexibility index (Phi) is 7.48. The summed E-state index contributed by atoms with van der Waals surface area (Å²) in [4.78, 5) is 13.6. The van der Waals surface area contributed by atoms with Crippen LogP contribution in [0.15, 0.2) is 48.5 Å². The Balaban J connectivity index is 1.83. The molecule has 0 bridgehead atoms. The molecule has 2 rings (SSSR count). The minimum atomic E-state index is -0.0677. The molecule has 0 unspecified atom stereocenters. The fraction of sp³-hybridized carbons (Fsp3) is 0.381. The molecule has 0 atom stereocenters. The van der Waals surface area contributed by atoms with Crippen LogP contribution < -0.4 is 15.0 Å². The highest BCUT2D eigenvalue weighted by Crippen LogP contribution is 2.13. The van der Waals surface area contributed by atoms with Crippen molar-refractivity contribution >= 4 is 5.91 Å². The molecule has 0 aliphatic carbocycles. The highest BCUT2D eigenvalue weighted by molar-refractivity contribution is 5.94. The third kappa shape index (κ3) is 6.59. The van der Waals surface area contributed by atoms with Gasteiger partial charge in [-0.3, -0.25) is 4.79 Å². The highest BCUT2D eigenvalue weighted by atomic mass is 16.5. The second-order valence-electron chi connectivity index (χ2n) is 6.61. The van der Waals surface area contributed by atoms with Gasteiger partial charge in [0.2, 0.25) is 0 Å². The van der Waals surface area contributed by atoms with Crippen molar-refractivity contribution in [2.75, 3.05) is 20.7 Å². The van der Waals surface area contributed by atoms with Gasteiger partial charge >= 0.3 is 0 Å². The van der Waals surface area contributed by atoms with Crippen LogP contribution in [0.4, 0.5) is 0 Å². The summed E-state index contributed by atoms with van der Waals surface area (Å²) in [6.07, 6.45) is 2.15. The molecule has 2 aromatic rings. The number of carbonyl (C=O) groups is 1. The number of carbonyl (C=O) groups excluding carboxylic acids is 1. The summed E-state index contributed by atoms with van der Waals surface area (Å²) in [6.45, 7) is 4.38. The Morgan fingerprint density at radius 3 is 2.24 bits per heavy atom. The van der Waals surface area contributed by atoms with E-state index in [4.69, 9.17) is 4.74 Å². The first-order valence-corrected chi connectivity index (χ1v) is 8.96. The lowest BCUT2D eigenvalue weighted by molar-refractivity contribution is -0.872. The first-order valence-electron chi connectivity index (χ1n) is 8.96. The number of hydrogen-bond donors (Lipinski definition) is 2. The Bertz CT molecular complexity index is 649. The van der Waals surface area contributed by atoms with Crippen LogP contribution in [0.25, 0.3) is 0 Å². The summed E-state index contributed by atoms with van der Waals surface area (Å²) < 4.78 is 5.62. The molecule has 0 radical (unpaired) electrons. The van der Waals surface area contributed by atoms with Crippen molar-refractivity contribution in [3.63, 3.8) is 0 Å². The third-order valence-corrected chi connectivity index (χ3v) is 3.92. The molecule has 4 nitrogen and oxygen atoms in total. The third-order valence-electron chi connectivity index (χ3n) is 3.92. The maximum atomic E-state index is 12.2. The van der Waals surface area contributed by atoms with E-state index in [1.807, 2.05) is 12.1 Å². The van der Waals surface area contributed by atoms with E-state index in [0.717, 1.165) is 30.7 Å². The van der Waals surface area contributed by atoms with Crippen LogP contribution in [0.3, 0.4) is 0 Å². The standard InChI is InChI=1S/C21H28N2O2/c1-4-5-14-25-20-12-10-19(11-13-20)21(24)22-15-17-6-8-18(9-7-17)16-23(2)3/h6-13H,4-5,14-16H2,1-3H3,(H,22,24)/p+1. The summed E-state index contributed by atoms with van der Waals surface area (Å²) in [6, 6.07) is 15.7. The first-order chi connectivity index (χ1) is 12.1. The van der Waals surface area contributed by atoms with Crippen LogP contribution in [0.1, 0.15) is 41.3 Å². The number of ether oxygens (including phenoxy) is 1. The Hall–Kier alpha value is -2.33. The predicted molar refractivity (Wildman–Crippen MR) is 101 cm³/mol. The zero-order chi connectivity index (χ0) is 18.1. The van der Waals surface area contributed by atoms with Crippen molar-refractivity contribution < 1.29 is 14.4 Å². The van der Waals surface area contributed by atoms with Crippen LogP contribution in [0, 0.1) is 0 Å². The minimum Gasteiger partial charge on any atom is -0.494 e. The lowest BCUT2D eigenvalue weighted by Gasteiger charge is -2.09. The topological polar surface area (TPSA) is 42.8 Å². The van der Waals surface area contributed by atoms with Crippen LogP contribution in [-0.2, 0) is 13.1 Å². The number of nitrogens with one attached hydrogen (secondary N) is 2. The van der Waals surface area contributed by atoms with E-state index in [9.17, 15) is 4.79 Å². The molecule has 134 valence electrons. The predicted octanol–water partition coefficient (Wildman–Crippen LogP) is 2.44. The number of quaternary nitrogens is 1. The van der Waals surface area contributed by atoms with Gasteiger partial charge < -0.3 is 15.0 Å². The molecule has 25 heavy (non-hydrogen) atoms. The number of hydrogen-bond acceptors (Lipinski definition) is 2. The maximum Gasteiger partial charge on any atom is 0.251 e. The van der Waals surface area contributed by atoms with Gasteiger partial charge in [0.15, 0.2) is 0 Å². The van der Waals surface area contributed by atoms with E-state index in [2.05, 4.69) is 50.6 Å². The van der Waals surface area contributed by atoms with E-state index in [0.29, 0.717) is 18.7 Å². The quantitative estimate of drug-likeness (QED) is 0.688. The molecular formula is C21H29N2O2+. The molecule has 0 spiro atoms. The zero-order valence-electron chi connectivity index (χ0n) is 15.5. The fourth-order valence-corrected chi connectivity index (χ4v) is 2.50. The fourth-order valence-electron chi connectivity index (χ4n) is 2.50. The van der Waals surface area contributed by atoms with E-state index < -0.39 is 0 Å². The number of benzene rings is 2. The second-order valence-corrected chi connectivity index (χ2v) is 6.61. The average molecular weight is 341 g/mol. The van der Waals surface area contributed by atoms with Gasteiger partial charge in [0.25, 0.3) is 5.91 Å². The molecule has 0 heterocycles. The molecule has 1 amide bonds. The van der Waals surface area contributed by atoms with Crippen molar-refractivity contribution in [3.05, 3.63) is 65.2 Å². The molecule has 0 aliphatic heterocycles. The van der Waals surface area contributed by atoms with Gasteiger partial charge in [0.1, 0.15) is 12.3 Å². The molecule has 0 aromatic heterocycles. The number of unbranched alkanes of at least 4 members (excludes halogenated alkanes) is 1. The van der Waals surface area contributed by atoms with Gasteiger partial charge in [-0.05, 0) is 36.2 Å². The van der Waals surface area contributed by atoms with Gasteiger partial charge in [0.05, 0.1) is 20.7 Å². The van der Waals surface area contributed by atoms with E-state index >= 15 is 0 Å². The molecule has 0 fully saturated rings. The van der Waals surface area contributed by atoms with Gasteiger partial charge in [-0.2, -0.15) is 0 Å². The van der Waals surface area contributed by atoms with Crippen molar-refractivity contribution in [2.45, 2.75) is 32.9 Å². The molecular weight excluding hydrogens is 312 g/mol. The lowest BCUT2D eigenvalue weighted by Crippen LogP contribution is -3.04. The van der Waals surface area contributed by atoms with Crippen molar-refractivity contribution in [2.24, 2.45) is 0 Å². The van der Waals surface area contributed by atoms with E-state index in [1.54, 1.807) is 12.1 Å². The molecule has 0 aliphatic rings. The van der Waals surface area contributed by atoms with Gasteiger partial charge in [-0.25, -0.2) is 0 Å². The summed E-state index contributed by atoms with van der Waals surface area (Å²) in [5, 5.41) is 2.96. The monoisotopic (exact) mass is 341 g/mol. The Morgan fingerprint density at radius 2 is 1.64 bits per heavy atom. The number of amides is 1. The minimum absolute atomic E-state index is 0.0677. The lowest BCUT2D eigenvalue weighted by atomic mass is 10.1. The average Bonchev–Trinajstić information content (AvgIpc) is 2.61. The highest BCUT2D eigenvalue weighted by Gasteiger charge is 2.06. The summed E-state index contributed by atoms with van der Waals surface area (Å²) in [5.74, 6) is 0.741. The van der Waals surface area contributed by atoms with E-state index in [1.165, 1.54) is 10.5 Å². The molecule has 2 N–H and O–H groups in total. The molecule has 2 aromatic carbocycles. The first kappa shape index (κ1) is 19.0. The number of rotatable bonds is 9. The molecule has 0 saturated heterocycles. The Labute approximate surface area is 150 Å². The van der Waals surface area contributed by atoms with Gasteiger partial charge in [-0.1, -0.05) is 37.6 Å². The van der Waals surface area contributed by atoms with Crippen LogP contribution in [0.5, 0.6) is 5.75 Å². The Morgan fingerprint density at radius 1 is 1.00 bits per heavy atom. The van der Waals surface area contributed by atoms with Crippen molar-refractivity contribution in [3.8, 4) is 5.75 Å². The van der Waals surface area contributed by atoms with Crippen molar-refractivity contribution in [1.82, 2.24) is 5.32 Å².